The second-order valence-corrected chi connectivity index (χ2v) is 4.42. The van der Waals surface area contributed by atoms with Crippen molar-refractivity contribution in [2.45, 2.75) is 19.9 Å². The second kappa shape index (κ2) is 9.30. The summed E-state index contributed by atoms with van der Waals surface area (Å²) in [5.41, 5.74) is 0. The molecule has 0 saturated carbocycles. The van der Waals surface area contributed by atoms with E-state index in [9.17, 15) is 0 Å². The third kappa shape index (κ3) is 5.31. The molecule has 0 spiro atoms. The molecule has 0 aromatic carbocycles. The van der Waals surface area contributed by atoms with Gasteiger partial charge in [0.2, 0.25) is 11.9 Å². The molecule has 0 amide bonds. The van der Waals surface area contributed by atoms with Crippen LogP contribution in [0.2, 0.25) is 0 Å². The summed E-state index contributed by atoms with van der Waals surface area (Å²) in [5, 5.41) is 2.92. The van der Waals surface area contributed by atoms with Crippen molar-refractivity contribution in [1.82, 2.24) is 15.0 Å². The van der Waals surface area contributed by atoms with Crippen molar-refractivity contribution in [3.05, 3.63) is 0 Å². The van der Waals surface area contributed by atoms with Crippen LogP contribution in [0.3, 0.4) is 0 Å². The number of aromatic nitrogens is 3. The van der Waals surface area contributed by atoms with E-state index in [1.54, 1.807) is 21.3 Å². The quantitative estimate of drug-likeness (QED) is 0.679. The molecular weight excluding hydrogens is 274 g/mol. The lowest BCUT2D eigenvalue weighted by Gasteiger charge is -2.28. The molecule has 1 aromatic rings. The predicted molar refractivity (Wildman–Crippen MR) is 81.1 cm³/mol. The van der Waals surface area contributed by atoms with Crippen LogP contribution in [0.1, 0.15) is 13.8 Å². The Labute approximate surface area is 125 Å². The normalized spacial score (nSPS) is 12.0. The topological polar surface area (TPSA) is 81.6 Å². The van der Waals surface area contributed by atoms with Crippen LogP contribution in [0.4, 0.5) is 11.9 Å². The number of anilines is 2. The number of hydrogen-bond donors (Lipinski definition) is 1. The minimum Gasteiger partial charge on any atom is -0.464 e. The van der Waals surface area contributed by atoms with E-state index in [0.29, 0.717) is 44.3 Å². The van der Waals surface area contributed by atoms with Gasteiger partial charge in [0.1, 0.15) is 0 Å². The SMILES string of the molecule is CCOc1nc(NC)nc(N(CCOC)C(C)COC)n1. The second-order valence-electron chi connectivity index (χ2n) is 4.42. The zero-order chi connectivity index (χ0) is 15.7. The fourth-order valence-electron chi connectivity index (χ4n) is 1.82. The first-order valence-corrected chi connectivity index (χ1v) is 6.97. The molecule has 0 aliphatic heterocycles. The van der Waals surface area contributed by atoms with Gasteiger partial charge in [0, 0.05) is 27.8 Å². The fourth-order valence-corrected chi connectivity index (χ4v) is 1.82. The van der Waals surface area contributed by atoms with Crippen LogP contribution in [0.25, 0.3) is 0 Å². The Balaban J connectivity index is 3.05. The first-order chi connectivity index (χ1) is 10.2. The van der Waals surface area contributed by atoms with Crippen LogP contribution < -0.4 is 15.0 Å². The number of ether oxygens (including phenoxy) is 3. The van der Waals surface area contributed by atoms with E-state index in [2.05, 4.69) is 20.3 Å². The summed E-state index contributed by atoms with van der Waals surface area (Å²) in [6, 6.07) is 0.408. The van der Waals surface area contributed by atoms with Gasteiger partial charge in [-0.25, -0.2) is 0 Å². The van der Waals surface area contributed by atoms with Crippen molar-refractivity contribution >= 4 is 11.9 Å². The Morgan fingerprint density at radius 3 is 2.52 bits per heavy atom. The minimum atomic E-state index is 0.103. The minimum absolute atomic E-state index is 0.103. The van der Waals surface area contributed by atoms with Crippen molar-refractivity contribution < 1.29 is 14.2 Å². The van der Waals surface area contributed by atoms with Gasteiger partial charge >= 0.3 is 6.01 Å². The average molecular weight is 299 g/mol. The molecule has 1 heterocycles. The largest absolute Gasteiger partial charge is 0.464 e. The molecule has 8 nitrogen and oxygen atoms in total. The molecule has 0 saturated heterocycles. The fraction of sp³-hybridized carbons (Fsp3) is 0.769. The molecule has 1 rings (SSSR count). The highest BCUT2D eigenvalue weighted by atomic mass is 16.5. The molecular formula is C13H25N5O3. The lowest BCUT2D eigenvalue weighted by Crippen LogP contribution is -2.40. The van der Waals surface area contributed by atoms with Gasteiger partial charge in [-0.15, -0.1) is 0 Å². The number of rotatable bonds is 10. The van der Waals surface area contributed by atoms with Crippen molar-refractivity contribution in [3.63, 3.8) is 0 Å². The lowest BCUT2D eigenvalue weighted by molar-refractivity contribution is 0.170. The molecule has 21 heavy (non-hydrogen) atoms. The smallest absolute Gasteiger partial charge is 0.323 e. The Morgan fingerprint density at radius 1 is 1.19 bits per heavy atom. The molecule has 8 heteroatoms. The van der Waals surface area contributed by atoms with E-state index in [-0.39, 0.29) is 6.04 Å². The summed E-state index contributed by atoms with van der Waals surface area (Å²) < 4.78 is 15.8. The summed E-state index contributed by atoms with van der Waals surface area (Å²) >= 11 is 0. The molecule has 1 unspecified atom stereocenters. The van der Waals surface area contributed by atoms with Crippen LogP contribution in [-0.4, -0.2) is 68.6 Å². The van der Waals surface area contributed by atoms with Gasteiger partial charge in [0.05, 0.1) is 25.9 Å². The molecule has 0 aliphatic carbocycles. The highest BCUT2D eigenvalue weighted by Crippen LogP contribution is 2.17. The average Bonchev–Trinajstić information content (AvgIpc) is 2.48. The Kier molecular flexibility index (Phi) is 7.70. The van der Waals surface area contributed by atoms with Gasteiger partial charge in [-0.2, -0.15) is 15.0 Å². The van der Waals surface area contributed by atoms with Crippen molar-refractivity contribution in [2.75, 3.05) is 57.8 Å². The predicted octanol–water partition coefficient (Wildman–Crippen LogP) is 0.800. The van der Waals surface area contributed by atoms with Crippen molar-refractivity contribution in [2.24, 2.45) is 0 Å². The standard InChI is InChI=1S/C13H25N5O3/c1-6-21-13-16-11(14-3)15-12(17-13)18(7-8-19-4)10(2)9-20-5/h10H,6-9H2,1-5H3,(H,14,15,16,17). The summed E-state index contributed by atoms with van der Waals surface area (Å²) in [5.74, 6) is 1.01. The van der Waals surface area contributed by atoms with Gasteiger partial charge in [-0.1, -0.05) is 0 Å². The number of methoxy groups -OCH3 is 2. The molecule has 1 atom stereocenters. The Morgan fingerprint density at radius 2 is 1.95 bits per heavy atom. The van der Waals surface area contributed by atoms with Gasteiger partial charge in [-0.3, -0.25) is 0 Å². The van der Waals surface area contributed by atoms with Gasteiger partial charge < -0.3 is 24.4 Å². The number of nitrogens with one attached hydrogen (secondary N) is 1. The zero-order valence-corrected chi connectivity index (χ0v) is 13.4. The zero-order valence-electron chi connectivity index (χ0n) is 13.4. The first-order valence-electron chi connectivity index (χ1n) is 6.97. The van der Waals surface area contributed by atoms with E-state index in [0.717, 1.165) is 0 Å². The highest BCUT2D eigenvalue weighted by Gasteiger charge is 2.19. The first kappa shape index (κ1) is 17.4. The van der Waals surface area contributed by atoms with Crippen LogP contribution >= 0.6 is 0 Å². The highest BCUT2D eigenvalue weighted by molar-refractivity contribution is 5.39. The van der Waals surface area contributed by atoms with Crippen LogP contribution in [0.5, 0.6) is 6.01 Å². The van der Waals surface area contributed by atoms with E-state index in [1.807, 2.05) is 18.7 Å². The van der Waals surface area contributed by atoms with E-state index >= 15 is 0 Å². The maximum absolute atomic E-state index is 5.39. The third-order valence-corrected chi connectivity index (χ3v) is 2.83. The molecule has 120 valence electrons. The molecule has 0 bridgehead atoms. The molecule has 0 fully saturated rings. The molecule has 1 N–H and O–H groups in total. The van der Waals surface area contributed by atoms with Crippen LogP contribution in [0, 0.1) is 0 Å². The summed E-state index contributed by atoms with van der Waals surface area (Å²) in [7, 11) is 5.09. The maximum Gasteiger partial charge on any atom is 0.323 e. The van der Waals surface area contributed by atoms with Crippen molar-refractivity contribution in [1.29, 1.82) is 0 Å². The van der Waals surface area contributed by atoms with Crippen molar-refractivity contribution in [3.8, 4) is 6.01 Å². The summed E-state index contributed by atoms with van der Waals surface area (Å²) in [4.78, 5) is 14.9. The van der Waals surface area contributed by atoms with E-state index in [1.165, 1.54) is 0 Å². The molecule has 1 aromatic heterocycles. The number of nitrogens with zero attached hydrogens (tertiary/aromatic N) is 4. The summed E-state index contributed by atoms with van der Waals surface area (Å²) in [6.45, 7) is 6.21. The van der Waals surface area contributed by atoms with E-state index < -0.39 is 0 Å². The summed E-state index contributed by atoms with van der Waals surface area (Å²) in [6.07, 6.45) is 0. The lowest BCUT2D eigenvalue weighted by atomic mass is 10.3. The number of hydrogen-bond acceptors (Lipinski definition) is 8. The van der Waals surface area contributed by atoms with Crippen LogP contribution in [0.15, 0.2) is 0 Å². The monoisotopic (exact) mass is 299 g/mol. The van der Waals surface area contributed by atoms with E-state index in [4.69, 9.17) is 14.2 Å². The molecule has 0 aliphatic rings. The Hall–Kier alpha value is -1.67. The molecule has 0 radical (unpaired) electrons. The third-order valence-electron chi connectivity index (χ3n) is 2.83. The Bertz CT molecular complexity index is 419. The van der Waals surface area contributed by atoms with Gasteiger partial charge in [-0.05, 0) is 13.8 Å². The van der Waals surface area contributed by atoms with Crippen LogP contribution in [-0.2, 0) is 9.47 Å². The van der Waals surface area contributed by atoms with Gasteiger partial charge in [0.15, 0.2) is 0 Å². The maximum atomic E-state index is 5.39. The van der Waals surface area contributed by atoms with Gasteiger partial charge in [0.25, 0.3) is 0 Å².